The smallest absolute Gasteiger partial charge is 0.312 e. The molecular weight excluding hydrogens is 202 g/mol. The zero-order valence-electron chi connectivity index (χ0n) is 9.29. The summed E-state index contributed by atoms with van der Waals surface area (Å²) in [5.74, 6) is 0. The van der Waals surface area contributed by atoms with Gasteiger partial charge in [-0.3, -0.25) is 4.57 Å². The van der Waals surface area contributed by atoms with Gasteiger partial charge in [0.05, 0.1) is 11.0 Å². The quantitative estimate of drug-likeness (QED) is 0.784. The zero-order valence-corrected chi connectivity index (χ0v) is 9.29. The highest BCUT2D eigenvalue weighted by Gasteiger charge is 2.21. The van der Waals surface area contributed by atoms with Crippen LogP contribution in [0.15, 0.2) is 23.0 Å². The molecule has 0 amide bonds. The number of para-hydroxylation sites is 1. The van der Waals surface area contributed by atoms with Crippen LogP contribution in [0.1, 0.15) is 12.5 Å². The summed E-state index contributed by atoms with van der Waals surface area (Å²) in [5.41, 5.74) is 3.30. The minimum absolute atomic E-state index is 0.00468. The molecule has 1 aromatic carbocycles. The Bertz CT molecular complexity index is 581. The predicted molar refractivity (Wildman–Crippen MR) is 63.7 cm³/mol. The van der Waals surface area contributed by atoms with Crippen molar-refractivity contribution >= 4 is 11.0 Å². The SMILES string of the molecule is CCNC1Cc2cccc3[nH]c(=O)n(c23)C1. The largest absolute Gasteiger partial charge is 0.326 e. The Labute approximate surface area is 93.3 Å². The van der Waals surface area contributed by atoms with E-state index < -0.39 is 0 Å². The third-order valence-corrected chi connectivity index (χ3v) is 3.24. The summed E-state index contributed by atoms with van der Waals surface area (Å²) < 4.78 is 1.85. The van der Waals surface area contributed by atoms with E-state index in [1.165, 1.54) is 5.56 Å². The minimum Gasteiger partial charge on any atom is -0.312 e. The van der Waals surface area contributed by atoms with Crippen LogP contribution in [0.2, 0.25) is 0 Å². The molecule has 4 heteroatoms. The fraction of sp³-hybridized carbons (Fsp3) is 0.417. The average molecular weight is 217 g/mol. The van der Waals surface area contributed by atoms with Crippen LogP contribution in [0.4, 0.5) is 0 Å². The molecule has 0 bridgehead atoms. The number of likely N-dealkylation sites (N-methyl/N-ethyl adjacent to an activating group) is 1. The van der Waals surface area contributed by atoms with Gasteiger partial charge in [-0.25, -0.2) is 4.79 Å². The Kier molecular flexibility index (Phi) is 2.11. The molecule has 2 heterocycles. The van der Waals surface area contributed by atoms with Crippen molar-refractivity contribution in [2.24, 2.45) is 0 Å². The molecule has 16 heavy (non-hydrogen) atoms. The molecule has 0 saturated carbocycles. The molecule has 2 aromatic rings. The van der Waals surface area contributed by atoms with Gasteiger partial charge in [0.1, 0.15) is 0 Å². The third-order valence-electron chi connectivity index (χ3n) is 3.24. The summed E-state index contributed by atoms with van der Waals surface area (Å²) in [6.07, 6.45) is 1.00. The van der Waals surface area contributed by atoms with E-state index in [0.29, 0.717) is 6.04 Å². The van der Waals surface area contributed by atoms with E-state index in [1.807, 2.05) is 16.7 Å². The number of H-pyrrole nitrogens is 1. The van der Waals surface area contributed by atoms with Gasteiger partial charge in [0.15, 0.2) is 0 Å². The summed E-state index contributed by atoms with van der Waals surface area (Å²) in [7, 11) is 0. The van der Waals surface area contributed by atoms with Crippen molar-refractivity contribution in [3.05, 3.63) is 34.2 Å². The summed E-state index contributed by atoms with van der Waals surface area (Å²) in [6, 6.07) is 6.45. The van der Waals surface area contributed by atoms with Gasteiger partial charge in [0.25, 0.3) is 0 Å². The second-order valence-corrected chi connectivity index (χ2v) is 4.31. The highest BCUT2D eigenvalue weighted by atomic mass is 16.1. The average Bonchev–Trinajstić information content (AvgIpc) is 2.58. The van der Waals surface area contributed by atoms with Crippen molar-refractivity contribution in [1.29, 1.82) is 0 Å². The summed E-state index contributed by atoms with van der Waals surface area (Å²) in [5, 5.41) is 3.41. The van der Waals surface area contributed by atoms with Crippen LogP contribution in [-0.2, 0) is 13.0 Å². The van der Waals surface area contributed by atoms with E-state index in [9.17, 15) is 4.79 Å². The van der Waals surface area contributed by atoms with Crippen LogP contribution >= 0.6 is 0 Å². The number of aromatic nitrogens is 2. The Balaban J connectivity index is 2.18. The molecule has 0 radical (unpaired) electrons. The van der Waals surface area contributed by atoms with Gasteiger partial charge in [-0.1, -0.05) is 19.1 Å². The second kappa shape index (κ2) is 3.49. The van der Waals surface area contributed by atoms with Crippen LogP contribution in [0, 0.1) is 0 Å². The van der Waals surface area contributed by atoms with Crippen LogP contribution < -0.4 is 11.0 Å². The number of imidazole rings is 1. The van der Waals surface area contributed by atoms with Gasteiger partial charge in [0.2, 0.25) is 0 Å². The molecule has 4 nitrogen and oxygen atoms in total. The van der Waals surface area contributed by atoms with E-state index >= 15 is 0 Å². The van der Waals surface area contributed by atoms with Crippen molar-refractivity contribution in [3.8, 4) is 0 Å². The number of hydrogen-bond acceptors (Lipinski definition) is 2. The van der Waals surface area contributed by atoms with Crippen molar-refractivity contribution in [3.63, 3.8) is 0 Å². The van der Waals surface area contributed by atoms with Crippen molar-refractivity contribution in [2.75, 3.05) is 6.54 Å². The molecule has 1 atom stereocenters. The molecule has 84 valence electrons. The lowest BCUT2D eigenvalue weighted by atomic mass is 10.0. The number of benzene rings is 1. The fourth-order valence-corrected chi connectivity index (χ4v) is 2.61. The Morgan fingerprint density at radius 1 is 1.56 bits per heavy atom. The molecule has 2 N–H and O–H groups in total. The highest BCUT2D eigenvalue weighted by molar-refractivity contribution is 5.79. The van der Waals surface area contributed by atoms with Gasteiger partial charge >= 0.3 is 5.69 Å². The number of aromatic amines is 1. The minimum atomic E-state index is 0.00468. The lowest BCUT2D eigenvalue weighted by Gasteiger charge is -2.24. The first-order chi connectivity index (χ1) is 7.79. The molecule has 1 unspecified atom stereocenters. The lowest BCUT2D eigenvalue weighted by Crippen LogP contribution is -2.40. The van der Waals surface area contributed by atoms with Crippen LogP contribution in [0.5, 0.6) is 0 Å². The van der Waals surface area contributed by atoms with Gasteiger partial charge in [-0.2, -0.15) is 0 Å². The molecule has 0 aliphatic carbocycles. The molecule has 0 spiro atoms. The normalized spacial score (nSPS) is 19.2. The van der Waals surface area contributed by atoms with E-state index in [2.05, 4.69) is 23.3 Å². The maximum atomic E-state index is 11.8. The summed E-state index contributed by atoms with van der Waals surface area (Å²) in [4.78, 5) is 14.7. The van der Waals surface area contributed by atoms with Crippen LogP contribution in [-0.4, -0.2) is 22.1 Å². The van der Waals surface area contributed by atoms with Crippen molar-refractivity contribution < 1.29 is 0 Å². The molecule has 0 saturated heterocycles. The summed E-state index contributed by atoms with van der Waals surface area (Å²) >= 11 is 0. The molecule has 1 aromatic heterocycles. The van der Waals surface area contributed by atoms with E-state index in [0.717, 1.165) is 30.5 Å². The second-order valence-electron chi connectivity index (χ2n) is 4.31. The number of nitrogens with zero attached hydrogens (tertiary/aromatic N) is 1. The summed E-state index contributed by atoms with van der Waals surface area (Å²) in [6.45, 7) is 3.80. The highest BCUT2D eigenvalue weighted by Crippen LogP contribution is 2.22. The number of nitrogens with one attached hydrogen (secondary N) is 2. The standard InChI is InChI=1S/C12H15N3O/c1-2-13-9-6-8-4-3-5-10-11(8)15(7-9)12(16)14-10/h3-5,9,13H,2,6-7H2,1H3,(H,14,16). The first kappa shape index (κ1) is 9.66. The van der Waals surface area contributed by atoms with Crippen LogP contribution in [0.3, 0.4) is 0 Å². The molecule has 1 aliphatic heterocycles. The van der Waals surface area contributed by atoms with Crippen molar-refractivity contribution in [2.45, 2.75) is 25.9 Å². The Hall–Kier alpha value is -1.55. The first-order valence-electron chi connectivity index (χ1n) is 5.73. The zero-order chi connectivity index (χ0) is 11.1. The number of hydrogen-bond donors (Lipinski definition) is 2. The number of rotatable bonds is 2. The van der Waals surface area contributed by atoms with Crippen LogP contribution in [0.25, 0.3) is 11.0 Å². The third kappa shape index (κ3) is 1.30. The maximum Gasteiger partial charge on any atom is 0.326 e. The van der Waals surface area contributed by atoms with Gasteiger partial charge in [-0.05, 0) is 24.6 Å². The Morgan fingerprint density at radius 2 is 2.44 bits per heavy atom. The maximum absolute atomic E-state index is 11.8. The van der Waals surface area contributed by atoms with Gasteiger partial charge < -0.3 is 10.3 Å². The van der Waals surface area contributed by atoms with Gasteiger partial charge in [-0.15, -0.1) is 0 Å². The lowest BCUT2D eigenvalue weighted by molar-refractivity contribution is 0.442. The van der Waals surface area contributed by atoms with E-state index in [1.54, 1.807) is 0 Å². The van der Waals surface area contributed by atoms with E-state index in [-0.39, 0.29) is 5.69 Å². The molecule has 0 fully saturated rings. The fourth-order valence-electron chi connectivity index (χ4n) is 2.61. The van der Waals surface area contributed by atoms with E-state index in [4.69, 9.17) is 0 Å². The molecular formula is C12H15N3O. The molecule has 1 aliphatic rings. The topological polar surface area (TPSA) is 49.8 Å². The predicted octanol–water partition coefficient (Wildman–Crippen LogP) is 0.864. The monoisotopic (exact) mass is 217 g/mol. The first-order valence-corrected chi connectivity index (χ1v) is 5.73. The van der Waals surface area contributed by atoms with Crippen molar-refractivity contribution in [1.82, 2.24) is 14.9 Å². The molecule has 3 rings (SSSR count). The van der Waals surface area contributed by atoms with Gasteiger partial charge in [0, 0.05) is 12.6 Å². The Morgan fingerprint density at radius 3 is 3.25 bits per heavy atom.